The van der Waals surface area contributed by atoms with Crippen molar-refractivity contribution in [1.82, 2.24) is 38.6 Å². The zero-order valence-electron chi connectivity index (χ0n) is 47.4. The van der Waals surface area contributed by atoms with Gasteiger partial charge in [-0.1, -0.05) is 168 Å². The summed E-state index contributed by atoms with van der Waals surface area (Å²) in [4.78, 5) is 26.3. The molecule has 0 aliphatic carbocycles. The average molecular weight is 1030 g/mol. The lowest BCUT2D eigenvalue weighted by molar-refractivity contribution is 0.590. The van der Waals surface area contributed by atoms with E-state index in [4.69, 9.17) is 24.9 Å². The number of benzene rings is 7. The average Bonchev–Trinajstić information content (AvgIpc) is 3.65. The molecule has 0 aliphatic rings. The summed E-state index contributed by atoms with van der Waals surface area (Å²) in [5, 5.41) is 4.76. The van der Waals surface area contributed by atoms with Crippen molar-refractivity contribution in [3.63, 3.8) is 0 Å². The van der Waals surface area contributed by atoms with Crippen LogP contribution in [0.25, 0.3) is 117 Å². The first-order valence-corrected chi connectivity index (χ1v) is 27.7. The summed E-state index contributed by atoms with van der Waals surface area (Å²) < 4.78 is 7.40. The van der Waals surface area contributed by atoms with Crippen LogP contribution in [0.15, 0.2) is 182 Å². The van der Waals surface area contributed by atoms with Crippen LogP contribution in [0.5, 0.6) is 0 Å². The van der Waals surface area contributed by atoms with Crippen molar-refractivity contribution >= 4 is 65.7 Å². The third-order valence-electron chi connectivity index (χ3n) is 16.0. The normalized spacial score (nSPS) is 12.8. The fraction of sp³-hybridized carbons (Fsp3) is 0.225. The Hall–Kier alpha value is -8.75. The second kappa shape index (κ2) is 17.9. The van der Waals surface area contributed by atoms with Crippen molar-refractivity contribution in [1.29, 1.82) is 0 Å². The van der Waals surface area contributed by atoms with E-state index in [1.165, 1.54) is 43.8 Å². The lowest BCUT2D eigenvalue weighted by atomic mass is 9.85. The predicted octanol–water partition coefficient (Wildman–Crippen LogP) is 18.1. The van der Waals surface area contributed by atoms with Crippen LogP contribution in [0.1, 0.15) is 105 Å². The van der Waals surface area contributed by atoms with E-state index in [2.05, 4.69) is 218 Å². The van der Waals surface area contributed by atoms with Gasteiger partial charge in [0.1, 0.15) is 11.0 Å². The van der Waals surface area contributed by atoms with Gasteiger partial charge < -0.3 is 13.7 Å². The van der Waals surface area contributed by atoms with Crippen LogP contribution in [0, 0.1) is 0 Å². The first-order valence-electron chi connectivity index (χ1n) is 27.7. The first-order chi connectivity index (χ1) is 37.7. The van der Waals surface area contributed by atoms with Crippen molar-refractivity contribution < 1.29 is 0 Å². The van der Waals surface area contributed by atoms with E-state index in [-0.39, 0.29) is 21.7 Å². The molecule has 390 valence electrons. The van der Waals surface area contributed by atoms with Gasteiger partial charge in [-0.25, -0.2) is 15.0 Å². The lowest BCUT2D eigenvalue weighted by Gasteiger charge is -2.24. The standard InChI is InChI=1S/C71H66N8/c1-68(2,3)46-27-31-54-50(39-46)51-40-47(69(4,5)6)28-32-55(51)77(54)60-37-45(67-75-65(43-21-15-13-16-22-43)74-66(76-67)44-23-17-14-18-24-44)38-61(64(60)79-58-25-19-35-72-62(58)63-59(79)26-20-36-73-63)78-56-33-29-48(70(7,8)9)41-52(56)53-42-49(71(10,11)12)30-34-57(53)78/h13-42H,1-12H3. The van der Waals surface area contributed by atoms with Crippen LogP contribution in [-0.4, -0.2) is 38.6 Å². The molecule has 0 spiro atoms. The SMILES string of the molecule is CC(C)(C)c1ccc2c(c1)c1cc(C(C)(C)C)ccc1n2-c1cc(-c2nc(-c3ccccc3)nc(-c3ccccc3)n2)cc(-n2c3ccc(C(C)(C)C)cc3c3cc(C(C)(C)C)ccc32)c1-n1c2cccnc2c2ncccc21. The molecule has 0 amide bonds. The van der Waals surface area contributed by atoms with E-state index < -0.39 is 0 Å². The Morgan fingerprint density at radius 2 is 0.608 bits per heavy atom. The van der Waals surface area contributed by atoms with Crippen LogP contribution in [-0.2, 0) is 21.7 Å². The Balaban J connectivity index is 1.28. The molecule has 13 aromatic rings. The molecule has 0 saturated heterocycles. The monoisotopic (exact) mass is 1030 g/mol. The third-order valence-corrected chi connectivity index (χ3v) is 16.0. The molecule has 8 nitrogen and oxygen atoms in total. The molecule has 0 unspecified atom stereocenters. The van der Waals surface area contributed by atoms with Crippen molar-refractivity contribution in [3.8, 4) is 51.2 Å². The van der Waals surface area contributed by atoms with Gasteiger partial charge in [0.15, 0.2) is 17.5 Å². The quantitative estimate of drug-likeness (QED) is 0.166. The van der Waals surface area contributed by atoms with Crippen molar-refractivity contribution in [3.05, 3.63) is 205 Å². The van der Waals surface area contributed by atoms with Gasteiger partial charge in [-0.15, -0.1) is 0 Å². The van der Waals surface area contributed by atoms with Gasteiger partial charge in [-0.3, -0.25) is 9.97 Å². The maximum Gasteiger partial charge on any atom is 0.164 e. The van der Waals surface area contributed by atoms with Crippen LogP contribution in [0.4, 0.5) is 0 Å². The summed E-state index contributed by atoms with van der Waals surface area (Å²) in [6.07, 6.45) is 3.75. The highest BCUT2D eigenvalue weighted by molar-refractivity contribution is 6.13. The Labute approximate surface area is 462 Å². The molecule has 0 aliphatic heterocycles. The third kappa shape index (κ3) is 8.39. The zero-order valence-corrected chi connectivity index (χ0v) is 47.4. The molecule has 6 aromatic heterocycles. The minimum absolute atomic E-state index is 0.0900. The van der Waals surface area contributed by atoms with Crippen molar-refractivity contribution in [2.75, 3.05) is 0 Å². The number of hydrogen-bond donors (Lipinski definition) is 0. The summed E-state index contributed by atoms with van der Waals surface area (Å²) in [7, 11) is 0. The maximum absolute atomic E-state index is 5.47. The fourth-order valence-corrected chi connectivity index (χ4v) is 11.6. The number of rotatable bonds is 6. The smallest absolute Gasteiger partial charge is 0.164 e. The molecule has 7 aromatic carbocycles. The van der Waals surface area contributed by atoms with Gasteiger partial charge in [-0.05, 0) is 129 Å². The van der Waals surface area contributed by atoms with Crippen LogP contribution >= 0.6 is 0 Å². The van der Waals surface area contributed by atoms with Crippen molar-refractivity contribution in [2.45, 2.75) is 105 Å². The number of fused-ring (bicyclic) bond motifs is 9. The molecular weight excluding hydrogens is 965 g/mol. The van der Waals surface area contributed by atoms with Gasteiger partial charge in [0.25, 0.3) is 0 Å². The van der Waals surface area contributed by atoms with E-state index >= 15 is 0 Å². The summed E-state index contributed by atoms with van der Waals surface area (Å²) in [5.74, 6) is 1.75. The summed E-state index contributed by atoms with van der Waals surface area (Å²) in [6.45, 7) is 27.6. The zero-order chi connectivity index (χ0) is 54.9. The van der Waals surface area contributed by atoms with Crippen molar-refractivity contribution in [2.24, 2.45) is 0 Å². The summed E-state index contributed by atoms with van der Waals surface area (Å²) >= 11 is 0. The molecule has 8 heteroatoms. The first kappa shape index (κ1) is 49.8. The molecule has 79 heavy (non-hydrogen) atoms. The lowest BCUT2D eigenvalue weighted by Crippen LogP contribution is -2.12. The summed E-state index contributed by atoms with van der Waals surface area (Å²) in [6, 6.07) is 61.9. The Morgan fingerprint density at radius 3 is 0.924 bits per heavy atom. The Bertz CT molecular complexity index is 4140. The number of nitrogens with zero attached hydrogens (tertiary/aromatic N) is 8. The van der Waals surface area contributed by atoms with E-state index in [1.54, 1.807) is 0 Å². The molecule has 0 fully saturated rings. The number of aromatic nitrogens is 8. The topological polar surface area (TPSA) is 79.2 Å². The minimum Gasteiger partial charge on any atom is -0.307 e. The van der Waals surface area contributed by atoms with Crippen LogP contribution < -0.4 is 0 Å². The number of pyridine rings is 2. The fourth-order valence-electron chi connectivity index (χ4n) is 11.6. The van der Waals surface area contributed by atoms with E-state index in [9.17, 15) is 0 Å². The second-order valence-electron chi connectivity index (χ2n) is 25.6. The molecule has 13 rings (SSSR count). The maximum atomic E-state index is 5.47. The Morgan fingerprint density at radius 1 is 0.291 bits per heavy atom. The molecule has 6 heterocycles. The molecule has 0 atom stereocenters. The van der Waals surface area contributed by atoms with Crippen LogP contribution in [0.3, 0.4) is 0 Å². The second-order valence-corrected chi connectivity index (χ2v) is 25.6. The highest BCUT2D eigenvalue weighted by atomic mass is 15.1. The molecule has 0 saturated carbocycles. The number of hydrogen-bond acceptors (Lipinski definition) is 5. The largest absolute Gasteiger partial charge is 0.307 e. The molecule has 0 bridgehead atoms. The highest BCUT2D eigenvalue weighted by Crippen LogP contribution is 2.46. The van der Waals surface area contributed by atoms with Gasteiger partial charge in [0, 0.05) is 50.6 Å². The van der Waals surface area contributed by atoms with Gasteiger partial charge >= 0.3 is 0 Å². The highest BCUT2D eigenvalue weighted by Gasteiger charge is 2.30. The minimum atomic E-state index is -0.0900. The molecular formula is C71H66N8. The van der Waals surface area contributed by atoms with E-state index in [0.717, 1.165) is 77.9 Å². The van der Waals surface area contributed by atoms with Crippen LogP contribution in [0.2, 0.25) is 0 Å². The van der Waals surface area contributed by atoms with Gasteiger partial charge in [0.05, 0.1) is 50.2 Å². The van der Waals surface area contributed by atoms with Gasteiger partial charge in [0.2, 0.25) is 0 Å². The Kier molecular flexibility index (Phi) is 11.3. The predicted molar refractivity (Wildman–Crippen MR) is 330 cm³/mol. The van der Waals surface area contributed by atoms with E-state index in [1.807, 2.05) is 60.9 Å². The molecule has 0 radical (unpaired) electrons. The summed E-state index contributed by atoms with van der Waals surface area (Å²) in [5.41, 5.74) is 18.1. The van der Waals surface area contributed by atoms with E-state index in [0.29, 0.717) is 17.5 Å². The van der Waals surface area contributed by atoms with Gasteiger partial charge in [-0.2, -0.15) is 0 Å². The molecule has 0 N–H and O–H groups in total.